The van der Waals surface area contributed by atoms with Crippen molar-refractivity contribution in [1.82, 2.24) is 14.9 Å². The van der Waals surface area contributed by atoms with Crippen LogP contribution in [0.25, 0.3) is 21.3 Å². The van der Waals surface area contributed by atoms with Crippen LogP contribution in [-0.2, 0) is 11.3 Å². The molecule has 0 radical (unpaired) electrons. The number of aryl methyl sites for hydroxylation is 1. The molecule has 0 bridgehead atoms. The zero-order valence-corrected chi connectivity index (χ0v) is 18.1. The molecule has 4 aromatic rings. The number of hydrogen-bond acceptors (Lipinski definition) is 4. The number of rotatable bonds is 5. The van der Waals surface area contributed by atoms with Crippen LogP contribution in [0.15, 0.2) is 65.0 Å². The van der Waals surface area contributed by atoms with E-state index in [-0.39, 0.29) is 24.1 Å². The Bertz CT molecular complexity index is 1280. The highest BCUT2D eigenvalue weighted by Crippen LogP contribution is 2.30. The van der Waals surface area contributed by atoms with Gasteiger partial charge in [-0.1, -0.05) is 53.6 Å². The van der Waals surface area contributed by atoms with Gasteiger partial charge in [0.05, 0.1) is 17.8 Å². The average molecular weight is 438 g/mol. The van der Waals surface area contributed by atoms with E-state index in [9.17, 15) is 9.59 Å². The molecule has 1 amide bonds. The van der Waals surface area contributed by atoms with Gasteiger partial charge >= 0.3 is 0 Å². The fraction of sp³-hybridized carbons (Fsp3) is 0.174. The molecule has 0 saturated carbocycles. The molecule has 2 aromatic heterocycles. The van der Waals surface area contributed by atoms with E-state index in [1.807, 2.05) is 61.7 Å². The van der Waals surface area contributed by atoms with Gasteiger partial charge in [-0.3, -0.25) is 14.2 Å². The third kappa shape index (κ3) is 4.15. The van der Waals surface area contributed by atoms with E-state index in [0.29, 0.717) is 15.2 Å². The predicted octanol–water partition coefficient (Wildman–Crippen LogP) is 4.96. The SMILES string of the molecule is Cc1ccc(-c2csc3ncn(CC(=O)N[C@H](C)c4cccc(Cl)c4)c(=O)c23)cc1. The highest BCUT2D eigenvalue weighted by atomic mass is 35.5. The van der Waals surface area contributed by atoms with Crippen molar-refractivity contribution in [3.05, 3.63) is 86.7 Å². The predicted molar refractivity (Wildman–Crippen MR) is 122 cm³/mol. The molecular weight excluding hydrogens is 418 g/mol. The highest BCUT2D eigenvalue weighted by Gasteiger charge is 2.16. The van der Waals surface area contributed by atoms with Gasteiger partial charge in [0, 0.05) is 16.0 Å². The zero-order valence-electron chi connectivity index (χ0n) is 16.6. The summed E-state index contributed by atoms with van der Waals surface area (Å²) >= 11 is 7.46. The van der Waals surface area contributed by atoms with Gasteiger partial charge < -0.3 is 5.32 Å². The van der Waals surface area contributed by atoms with Crippen molar-refractivity contribution >= 4 is 39.1 Å². The van der Waals surface area contributed by atoms with Crippen LogP contribution in [0.4, 0.5) is 0 Å². The molecule has 30 heavy (non-hydrogen) atoms. The Labute approximate surface area is 183 Å². The standard InChI is InChI=1S/C23H20ClN3O2S/c1-14-6-8-16(9-7-14)19-12-30-22-21(19)23(29)27(13-25-22)11-20(28)26-15(2)17-4-3-5-18(24)10-17/h3-10,12-13,15H,11H2,1-2H3,(H,26,28)/t15-/m1/s1. The molecule has 0 unspecified atom stereocenters. The summed E-state index contributed by atoms with van der Waals surface area (Å²) in [5.41, 5.74) is 3.63. The number of fused-ring (bicyclic) bond motifs is 1. The highest BCUT2D eigenvalue weighted by molar-refractivity contribution is 7.17. The van der Waals surface area contributed by atoms with E-state index in [2.05, 4.69) is 10.3 Å². The van der Waals surface area contributed by atoms with Crippen LogP contribution in [0.5, 0.6) is 0 Å². The Morgan fingerprint density at radius 3 is 2.73 bits per heavy atom. The number of halogens is 1. The summed E-state index contributed by atoms with van der Waals surface area (Å²) in [6.45, 7) is 3.80. The molecule has 2 heterocycles. The minimum absolute atomic E-state index is 0.101. The Hall–Kier alpha value is -2.96. The minimum Gasteiger partial charge on any atom is -0.348 e. The molecule has 0 saturated heterocycles. The molecule has 0 fully saturated rings. The lowest BCUT2D eigenvalue weighted by molar-refractivity contribution is -0.122. The first-order valence-electron chi connectivity index (χ1n) is 9.51. The summed E-state index contributed by atoms with van der Waals surface area (Å²) in [5, 5.41) is 6.01. The Morgan fingerprint density at radius 1 is 1.23 bits per heavy atom. The van der Waals surface area contributed by atoms with Gasteiger partial charge in [-0.15, -0.1) is 11.3 Å². The molecule has 0 aliphatic rings. The first-order chi connectivity index (χ1) is 14.4. The van der Waals surface area contributed by atoms with Crippen molar-refractivity contribution < 1.29 is 4.79 Å². The maximum absolute atomic E-state index is 13.1. The van der Waals surface area contributed by atoms with Gasteiger partial charge in [0.2, 0.25) is 5.91 Å². The van der Waals surface area contributed by atoms with Gasteiger partial charge in [-0.2, -0.15) is 0 Å². The molecule has 1 N–H and O–H groups in total. The molecule has 7 heteroatoms. The van der Waals surface area contributed by atoms with Crippen molar-refractivity contribution in [2.75, 3.05) is 0 Å². The summed E-state index contributed by atoms with van der Waals surface area (Å²) in [7, 11) is 0. The molecule has 0 spiro atoms. The lowest BCUT2D eigenvalue weighted by Crippen LogP contribution is -2.33. The van der Waals surface area contributed by atoms with E-state index in [1.54, 1.807) is 6.07 Å². The first kappa shape index (κ1) is 20.3. The number of aromatic nitrogens is 2. The maximum atomic E-state index is 13.1. The number of hydrogen-bond donors (Lipinski definition) is 1. The summed E-state index contributed by atoms with van der Waals surface area (Å²) in [4.78, 5) is 30.7. The number of nitrogens with zero attached hydrogens (tertiary/aromatic N) is 2. The zero-order chi connectivity index (χ0) is 21.3. The Kier molecular flexibility index (Phi) is 5.70. The third-order valence-electron chi connectivity index (χ3n) is 4.96. The second-order valence-corrected chi connectivity index (χ2v) is 8.51. The molecule has 0 aliphatic heterocycles. The second kappa shape index (κ2) is 8.42. The van der Waals surface area contributed by atoms with E-state index in [1.165, 1.54) is 22.2 Å². The summed E-state index contributed by atoms with van der Waals surface area (Å²) in [5.74, 6) is -0.266. The molecule has 2 aromatic carbocycles. The van der Waals surface area contributed by atoms with Crippen molar-refractivity contribution in [3.63, 3.8) is 0 Å². The van der Waals surface area contributed by atoms with Gasteiger partial charge in [-0.25, -0.2) is 4.98 Å². The monoisotopic (exact) mass is 437 g/mol. The molecule has 5 nitrogen and oxygen atoms in total. The number of benzene rings is 2. The van der Waals surface area contributed by atoms with Crippen molar-refractivity contribution in [2.45, 2.75) is 26.4 Å². The van der Waals surface area contributed by atoms with Crippen LogP contribution in [-0.4, -0.2) is 15.5 Å². The summed E-state index contributed by atoms with van der Waals surface area (Å²) in [6.07, 6.45) is 1.43. The topological polar surface area (TPSA) is 64.0 Å². The number of nitrogens with one attached hydrogen (secondary N) is 1. The van der Waals surface area contributed by atoms with Gasteiger partial charge in [0.15, 0.2) is 0 Å². The van der Waals surface area contributed by atoms with E-state index < -0.39 is 0 Å². The van der Waals surface area contributed by atoms with Crippen LogP contribution >= 0.6 is 22.9 Å². The molecule has 4 rings (SSSR count). The van der Waals surface area contributed by atoms with Gasteiger partial charge in [-0.05, 0) is 37.1 Å². The lowest BCUT2D eigenvalue weighted by Gasteiger charge is -2.15. The number of carbonyl (C=O) groups excluding carboxylic acids is 1. The van der Waals surface area contributed by atoms with Crippen molar-refractivity contribution in [1.29, 1.82) is 0 Å². The van der Waals surface area contributed by atoms with E-state index in [4.69, 9.17) is 11.6 Å². The van der Waals surface area contributed by atoms with Crippen LogP contribution in [0.2, 0.25) is 5.02 Å². The fourth-order valence-corrected chi connectivity index (χ4v) is 4.43. The second-order valence-electron chi connectivity index (χ2n) is 7.22. The summed E-state index contributed by atoms with van der Waals surface area (Å²) in [6, 6.07) is 15.1. The first-order valence-corrected chi connectivity index (χ1v) is 10.8. The minimum atomic E-state index is -0.266. The fourth-order valence-electron chi connectivity index (χ4n) is 3.33. The molecule has 1 atom stereocenters. The van der Waals surface area contributed by atoms with Crippen LogP contribution in [0, 0.1) is 6.92 Å². The van der Waals surface area contributed by atoms with E-state index >= 15 is 0 Å². The molecule has 152 valence electrons. The Morgan fingerprint density at radius 2 is 2.00 bits per heavy atom. The molecule has 0 aliphatic carbocycles. The number of carbonyl (C=O) groups is 1. The third-order valence-corrected chi connectivity index (χ3v) is 6.08. The quantitative estimate of drug-likeness (QED) is 0.479. The van der Waals surface area contributed by atoms with Crippen LogP contribution < -0.4 is 10.9 Å². The van der Waals surface area contributed by atoms with Gasteiger partial charge in [0.25, 0.3) is 5.56 Å². The average Bonchev–Trinajstić information content (AvgIpc) is 3.15. The van der Waals surface area contributed by atoms with Crippen molar-refractivity contribution in [3.8, 4) is 11.1 Å². The normalized spacial score (nSPS) is 12.1. The smallest absolute Gasteiger partial charge is 0.263 e. The maximum Gasteiger partial charge on any atom is 0.263 e. The number of thiophene rings is 1. The van der Waals surface area contributed by atoms with Crippen LogP contribution in [0.3, 0.4) is 0 Å². The molecular formula is C23H20ClN3O2S. The van der Waals surface area contributed by atoms with Crippen LogP contribution in [0.1, 0.15) is 24.1 Å². The van der Waals surface area contributed by atoms with Crippen molar-refractivity contribution in [2.24, 2.45) is 0 Å². The van der Waals surface area contributed by atoms with Gasteiger partial charge in [0.1, 0.15) is 11.4 Å². The largest absolute Gasteiger partial charge is 0.348 e. The lowest BCUT2D eigenvalue weighted by atomic mass is 10.1. The Balaban J connectivity index is 1.59. The number of amides is 1. The van der Waals surface area contributed by atoms with E-state index in [0.717, 1.165) is 22.3 Å². The summed E-state index contributed by atoms with van der Waals surface area (Å²) < 4.78 is 1.35.